The number of amides is 1. The Morgan fingerprint density at radius 1 is 1.38 bits per heavy atom. The van der Waals surface area contributed by atoms with Gasteiger partial charge in [0.25, 0.3) is 15.8 Å². The molecule has 1 atom stereocenters. The first-order valence-electron chi connectivity index (χ1n) is 5.95. The van der Waals surface area contributed by atoms with Gasteiger partial charge in [-0.05, 0) is 18.6 Å². The third-order valence-corrected chi connectivity index (χ3v) is 4.39. The van der Waals surface area contributed by atoms with Crippen LogP contribution < -0.4 is 0 Å². The zero-order valence-corrected chi connectivity index (χ0v) is 11.5. The number of nitrogens with zero attached hydrogens (tertiary/aromatic N) is 2. The van der Waals surface area contributed by atoms with Gasteiger partial charge in [0.2, 0.25) is 0 Å². The lowest BCUT2D eigenvalue weighted by atomic mass is 10.3. The predicted octanol–water partition coefficient (Wildman–Crippen LogP) is 1.05. The van der Waals surface area contributed by atoms with Gasteiger partial charge in [0.1, 0.15) is 0 Å². The summed E-state index contributed by atoms with van der Waals surface area (Å²) in [5, 5.41) is 19.3. The molecule has 1 aromatic rings. The fourth-order valence-electron chi connectivity index (χ4n) is 1.95. The van der Waals surface area contributed by atoms with E-state index in [-0.39, 0.29) is 30.1 Å². The van der Waals surface area contributed by atoms with E-state index < -0.39 is 27.2 Å². The second-order valence-corrected chi connectivity index (χ2v) is 6.01. The van der Waals surface area contributed by atoms with Gasteiger partial charge in [0.05, 0.1) is 22.5 Å². The average molecular weight is 316 g/mol. The highest BCUT2D eigenvalue weighted by Crippen LogP contribution is 2.22. The van der Waals surface area contributed by atoms with Crippen LogP contribution in [0, 0.1) is 10.1 Å². The van der Waals surface area contributed by atoms with Gasteiger partial charge in [-0.2, -0.15) is 8.42 Å². The van der Waals surface area contributed by atoms with Crippen molar-refractivity contribution < 1.29 is 27.4 Å². The molecule has 0 spiro atoms. The SMILES string of the molecule is O=C(O)N1CC[C@@H](OS(=O)(=O)c2ccc([N+](=O)[O-])cc2)C1. The maximum Gasteiger partial charge on any atom is 0.407 e. The normalized spacial score (nSPS) is 18.7. The highest BCUT2D eigenvalue weighted by molar-refractivity contribution is 7.86. The molecule has 0 radical (unpaired) electrons. The fraction of sp³-hybridized carbons (Fsp3) is 0.364. The molecule has 10 heteroatoms. The molecule has 9 nitrogen and oxygen atoms in total. The Labute approximate surface area is 120 Å². The Bertz CT molecular complexity index is 656. The number of nitro benzene ring substituents is 1. The Morgan fingerprint density at radius 2 is 2.00 bits per heavy atom. The van der Waals surface area contributed by atoms with E-state index in [4.69, 9.17) is 9.29 Å². The first kappa shape index (κ1) is 15.2. The van der Waals surface area contributed by atoms with E-state index in [2.05, 4.69) is 0 Å². The van der Waals surface area contributed by atoms with Gasteiger partial charge in [0.15, 0.2) is 0 Å². The molecule has 1 aliphatic rings. The number of hydrogen-bond donors (Lipinski definition) is 1. The monoisotopic (exact) mass is 316 g/mol. The summed E-state index contributed by atoms with van der Waals surface area (Å²) in [7, 11) is -4.08. The van der Waals surface area contributed by atoms with Crippen molar-refractivity contribution >= 4 is 21.9 Å². The van der Waals surface area contributed by atoms with E-state index in [1.165, 1.54) is 0 Å². The first-order valence-corrected chi connectivity index (χ1v) is 7.36. The summed E-state index contributed by atoms with van der Waals surface area (Å²) in [6.45, 7) is 0.178. The molecule has 1 aromatic carbocycles. The highest BCUT2D eigenvalue weighted by Gasteiger charge is 2.31. The minimum Gasteiger partial charge on any atom is -0.465 e. The minimum absolute atomic E-state index is 0.0262. The van der Waals surface area contributed by atoms with Crippen molar-refractivity contribution in [2.24, 2.45) is 0 Å². The van der Waals surface area contributed by atoms with Gasteiger partial charge < -0.3 is 10.0 Å². The largest absolute Gasteiger partial charge is 0.465 e. The van der Waals surface area contributed by atoms with E-state index in [1.54, 1.807) is 0 Å². The molecular formula is C11H12N2O7S. The van der Waals surface area contributed by atoms with Crippen molar-refractivity contribution in [3.05, 3.63) is 34.4 Å². The summed E-state index contributed by atoms with van der Waals surface area (Å²) in [6, 6.07) is 4.29. The van der Waals surface area contributed by atoms with Crippen molar-refractivity contribution in [3.63, 3.8) is 0 Å². The van der Waals surface area contributed by atoms with Crippen molar-refractivity contribution in [2.45, 2.75) is 17.4 Å². The number of likely N-dealkylation sites (tertiary alicyclic amines) is 1. The van der Waals surface area contributed by atoms with E-state index in [0.29, 0.717) is 0 Å². The van der Waals surface area contributed by atoms with Crippen LogP contribution in [0.25, 0.3) is 0 Å². The van der Waals surface area contributed by atoms with Crippen molar-refractivity contribution in [3.8, 4) is 0 Å². The first-order chi connectivity index (χ1) is 9.79. The van der Waals surface area contributed by atoms with Crippen LogP contribution in [0.5, 0.6) is 0 Å². The maximum atomic E-state index is 12.0. The van der Waals surface area contributed by atoms with Gasteiger partial charge >= 0.3 is 6.09 Å². The van der Waals surface area contributed by atoms with Crippen LogP contribution in [-0.2, 0) is 14.3 Å². The number of carboxylic acid groups (broad SMARTS) is 1. The Hall–Kier alpha value is -2.20. The lowest BCUT2D eigenvalue weighted by molar-refractivity contribution is -0.384. The molecule has 0 aromatic heterocycles. The molecule has 2 rings (SSSR count). The van der Waals surface area contributed by atoms with E-state index in [1.807, 2.05) is 0 Å². The fourth-order valence-corrected chi connectivity index (χ4v) is 3.05. The molecule has 1 fully saturated rings. The summed E-state index contributed by atoms with van der Waals surface area (Å²) in [5.74, 6) is 0. The molecule has 1 N–H and O–H groups in total. The molecule has 1 heterocycles. The van der Waals surface area contributed by atoms with E-state index in [0.717, 1.165) is 29.2 Å². The lowest BCUT2D eigenvalue weighted by Crippen LogP contribution is -2.29. The third kappa shape index (κ3) is 3.47. The second kappa shape index (κ2) is 5.66. The average Bonchev–Trinajstić information content (AvgIpc) is 2.87. The van der Waals surface area contributed by atoms with Crippen molar-refractivity contribution in [1.29, 1.82) is 0 Å². The van der Waals surface area contributed by atoms with Crippen LogP contribution in [0.15, 0.2) is 29.2 Å². The van der Waals surface area contributed by atoms with Crippen LogP contribution >= 0.6 is 0 Å². The molecule has 1 aliphatic heterocycles. The topological polar surface area (TPSA) is 127 Å². The van der Waals surface area contributed by atoms with Gasteiger partial charge in [-0.3, -0.25) is 14.3 Å². The summed E-state index contributed by atoms with van der Waals surface area (Å²) in [4.78, 5) is 21.5. The van der Waals surface area contributed by atoms with Crippen LogP contribution in [0.2, 0.25) is 0 Å². The Morgan fingerprint density at radius 3 is 2.48 bits per heavy atom. The third-order valence-electron chi connectivity index (χ3n) is 3.01. The second-order valence-electron chi connectivity index (χ2n) is 4.44. The summed E-state index contributed by atoms with van der Waals surface area (Å²) in [5.41, 5.74) is -0.230. The molecule has 0 unspecified atom stereocenters. The molecule has 0 aliphatic carbocycles. The molecule has 0 saturated carbocycles. The van der Waals surface area contributed by atoms with Crippen LogP contribution in [0.1, 0.15) is 6.42 Å². The van der Waals surface area contributed by atoms with E-state index >= 15 is 0 Å². The summed E-state index contributed by atoms with van der Waals surface area (Å²) < 4.78 is 28.9. The minimum atomic E-state index is -4.08. The number of carbonyl (C=O) groups is 1. The number of hydrogen-bond acceptors (Lipinski definition) is 6. The standard InChI is InChI=1S/C11H12N2O7S/c14-11(15)12-6-5-9(7-12)20-21(18,19)10-3-1-8(2-4-10)13(16)17/h1-4,9H,5-7H2,(H,14,15)/t9-/m1/s1. The van der Waals surface area contributed by atoms with Crippen LogP contribution in [-0.4, -0.2) is 48.6 Å². The number of non-ortho nitro benzene ring substituents is 1. The van der Waals surface area contributed by atoms with Gasteiger partial charge in [0, 0.05) is 18.7 Å². The zero-order valence-electron chi connectivity index (χ0n) is 10.7. The van der Waals surface area contributed by atoms with Crippen molar-refractivity contribution in [1.82, 2.24) is 4.90 Å². The zero-order chi connectivity index (χ0) is 15.6. The number of benzene rings is 1. The number of rotatable bonds is 4. The molecular weight excluding hydrogens is 304 g/mol. The van der Waals surface area contributed by atoms with Crippen molar-refractivity contribution in [2.75, 3.05) is 13.1 Å². The van der Waals surface area contributed by atoms with Crippen LogP contribution in [0.3, 0.4) is 0 Å². The quantitative estimate of drug-likeness (QED) is 0.499. The molecule has 1 amide bonds. The smallest absolute Gasteiger partial charge is 0.407 e. The Kier molecular flexibility index (Phi) is 4.09. The number of nitro groups is 1. The van der Waals surface area contributed by atoms with Gasteiger partial charge in [-0.25, -0.2) is 4.79 Å². The predicted molar refractivity (Wildman–Crippen MR) is 69.4 cm³/mol. The Balaban J connectivity index is 2.08. The van der Waals surface area contributed by atoms with Crippen LogP contribution in [0.4, 0.5) is 10.5 Å². The van der Waals surface area contributed by atoms with Gasteiger partial charge in [-0.1, -0.05) is 0 Å². The lowest BCUT2D eigenvalue weighted by Gasteiger charge is -2.13. The van der Waals surface area contributed by atoms with E-state index in [9.17, 15) is 23.3 Å². The molecule has 1 saturated heterocycles. The summed E-state index contributed by atoms with van der Waals surface area (Å²) >= 11 is 0. The molecule has 114 valence electrons. The van der Waals surface area contributed by atoms with Gasteiger partial charge in [-0.15, -0.1) is 0 Å². The molecule has 0 bridgehead atoms. The summed E-state index contributed by atoms with van der Waals surface area (Å²) in [6.07, 6.45) is -1.60. The highest BCUT2D eigenvalue weighted by atomic mass is 32.2. The molecule has 21 heavy (non-hydrogen) atoms. The maximum absolute atomic E-state index is 12.0.